The number of benzene rings is 2. The summed E-state index contributed by atoms with van der Waals surface area (Å²) in [6.45, 7) is 8.42. The summed E-state index contributed by atoms with van der Waals surface area (Å²) in [6, 6.07) is 15.4. The quantitative estimate of drug-likeness (QED) is 0.411. The third-order valence-electron chi connectivity index (χ3n) is 6.78. The minimum absolute atomic E-state index is 0.0621. The van der Waals surface area contributed by atoms with Gasteiger partial charge in [0, 0.05) is 49.0 Å². The first-order chi connectivity index (χ1) is 17.3. The van der Waals surface area contributed by atoms with Crippen LogP contribution in [0.3, 0.4) is 0 Å². The summed E-state index contributed by atoms with van der Waals surface area (Å²) < 4.78 is 20.0. The van der Waals surface area contributed by atoms with Crippen molar-refractivity contribution in [2.24, 2.45) is 0 Å². The lowest BCUT2D eigenvalue weighted by molar-refractivity contribution is 0.209. The van der Waals surface area contributed by atoms with E-state index in [1.165, 1.54) is 7.11 Å². The Balaban J connectivity index is 1.46. The standard InChI is InChI=1S/C27H29FN6O2/c1-16(2)33-10-12-34(13-11-33)19-7-4-17(5-8-19)21-15-22(25(29)31-24(21)28)18-6-9-20-23(14-18)30-27(36-3)32-26(20)35/h4-9,14-16H,10-13H2,1-3H3,(H2,29,31)(H,30,32,35). The zero-order valence-electron chi connectivity index (χ0n) is 20.6. The van der Waals surface area contributed by atoms with Crippen molar-refractivity contribution < 1.29 is 9.13 Å². The summed E-state index contributed by atoms with van der Waals surface area (Å²) >= 11 is 0. The molecule has 5 rings (SSSR count). The number of methoxy groups -OCH3 is 1. The van der Waals surface area contributed by atoms with E-state index in [2.05, 4.69) is 38.6 Å². The van der Waals surface area contributed by atoms with Gasteiger partial charge in [-0.05, 0) is 55.3 Å². The molecule has 4 aromatic rings. The Labute approximate surface area is 208 Å². The lowest BCUT2D eigenvalue weighted by Crippen LogP contribution is -2.48. The monoisotopic (exact) mass is 488 g/mol. The highest BCUT2D eigenvalue weighted by Gasteiger charge is 2.20. The fourth-order valence-corrected chi connectivity index (χ4v) is 4.67. The highest BCUT2D eigenvalue weighted by atomic mass is 19.1. The molecule has 0 saturated carbocycles. The molecule has 0 bridgehead atoms. The Hall–Kier alpha value is -3.98. The second kappa shape index (κ2) is 9.58. The van der Waals surface area contributed by atoms with E-state index in [1.807, 2.05) is 24.3 Å². The fourth-order valence-electron chi connectivity index (χ4n) is 4.67. The van der Waals surface area contributed by atoms with Crippen LogP contribution in [0.1, 0.15) is 13.8 Å². The Morgan fingerprint density at radius 2 is 1.67 bits per heavy atom. The normalized spacial score (nSPS) is 14.5. The van der Waals surface area contributed by atoms with Gasteiger partial charge in [0.05, 0.1) is 18.0 Å². The van der Waals surface area contributed by atoms with Crippen LogP contribution in [0.15, 0.2) is 53.3 Å². The number of hydrogen-bond donors (Lipinski definition) is 2. The number of nitrogens with two attached hydrogens (primary N) is 1. The predicted octanol–water partition coefficient (Wildman–Crippen LogP) is 3.91. The predicted molar refractivity (Wildman–Crippen MR) is 141 cm³/mol. The molecule has 2 aromatic heterocycles. The third-order valence-corrected chi connectivity index (χ3v) is 6.78. The van der Waals surface area contributed by atoms with Crippen molar-refractivity contribution in [3.05, 3.63) is 64.8 Å². The van der Waals surface area contributed by atoms with Gasteiger partial charge in [0.1, 0.15) is 5.82 Å². The summed E-state index contributed by atoms with van der Waals surface area (Å²) in [5.74, 6) is -0.571. The van der Waals surface area contributed by atoms with Crippen LogP contribution in [-0.4, -0.2) is 59.2 Å². The topological polar surface area (TPSA) is 100 Å². The van der Waals surface area contributed by atoms with Crippen LogP contribution in [0.4, 0.5) is 15.9 Å². The maximum absolute atomic E-state index is 14.9. The van der Waals surface area contributed by atoms with Crippen molar-refractivity contribution in [1.82, 2.24) is 19.9 Å². The molecule has 9 heteroatoms. The first-order valence-electron chi connectivity index (χ1n) is 12.0. The number of anilines is 2. The van der Waals surface area contributed by atoms with Gasteiger partial charge in [-0.2, -0.15) is 9.37 Å². The number of H-pyrrole nitrogens is 1. The molecular weight excluding hydrogens is 459 g/mol. The van der Waals surface area contributed by atoms with E-state index in [9.17, 15) is 9.18 Å². The molecule has 1 fully saturated rings. The number of nitrogen functional groups attached to an aromatic ring is 1. The van der Waals surface area contributed by atoms with E-state index < -0.39 is 5.95 Å². The number of aromatic amines is 1. The molecule has 8 nitrogen and oxygen atoms in total. The number of nitrogens with zero attached hydrogens (tertiary/aromatic N) is 4. The SMILES string of the molecule is COc1nc2cc(-c3cc(-c4ccc(N5CCN(C(C)C)CC5)cc4)c(F)nc3N)ccc2c(=O)[nH]1. The fraction of sp³-hybridized carbons (Fsp3) is 0.296. The number of pyridine rings is 1. The number of halogens is 1. The molecule has 0 atom stereocenters. The zero-order valence-corrected chi connectivity index (χ0v) is 20.6. The van der Waals surface area contributed by atoms with Crippen LogP contribution in [0.25, 0.3) is 33.2 Å². The van der Waals surface area contributed by atoms with Crippen LogP contribution < -0.4 is 20.9 Å². The van der Waals surface area contributed by atoms with E-state index in [0.717, 1.165) is 31.9 Å². The van der Waals surface area contributed by atoms with Crippen molar-refractivity contribution >= 4 is 22.4 Å². The molecule has 3 N–H and O–H groups in total. The summed E-state index contributed by atoms with van der Waals surface area (Å²) in [5, 5.41) is 0.415. The number of fused-ring (bicyclic) bond motifs is 1. The molecule has 2 aromatic carbocycles. The lowest BCUT2D eigenvalue weighted by Gasteiger charge is -2.38. The Morgan fingerprint density at radius 1 is 0.972 bits per heavy atom. The van der Waals surface area contributed by atoms with Crippen LogP contribution >= 0.6 is 0 Å². The van der Waals surface area contributed by atoms with Gasteiger partial charge in [-0.25, -0.2) is 4.98 Å². The summed E-state index contributed by atoms with van der Waals surface area (Å²) in [4.78, 5) is 28.0. The van der Waals surface area contributed by atoms with Crippen LogP contribution in [0, 0.1) is 5.95 Å². The van der Waals surface area contributed by atoms with E-state index >= 15 is 0 Å². The van der Waals surface area contributed by atoms with Crippen molar-refractivity contribution in [2.45, 2.75) is 19.9 Å². The summed E-state index contributed by atoms with van der Waals surface area (Å²) in [7, 11) is 1.43. The van der Waals surface area contributed by atoms with Crippen LogP contribution in [0.5, 0.6) is 6.01 Å². The lowest BCUT2D eigenvalue weighted by atomic mass is 9.99. The molecule has 1 aliphatic heterocycles. The smallest absolute Gasteiger partial charge is 0.296 e. The Kier molecular flexibility index (Phi) is 6.32. The van der Waals surface area contributed by atoms with Gasteiger partial charge >= 0.3 is 0 Å². The molecule has 36 heavy (non-hydrogen) atoms. The van der Waals surface area contributed by atoms with E-state index in [4.69, 9.17) is 10.5 Å². The molecule has 3 heterocycles. The van der Waals surface area contributed by atoms with Gasteiger partial charge in [-0.3, -0.25) is 14.7 Å². The molecule has 0 spiro atoms. The molecule has 186 valence electrons. The van der Waals surface area contributed by atoms with Gasteiger partial charge in [0.15, 0.2) is 0 Å². The first-order valence-corrected chi connectivity index (χ1v) is 12.0. The largest absolute Gasteiger partial charge is 0.468 e. The van der Waals surface area contributed by atoms with Gasteiger partial charge in [-0.15, -0.1) is 0 Å². The molecule has 1 aliphatic rings. The number of aromatic nitrogens is 3. The highest BCUT2D eigenvalue weighted by molar-refractivity contribution is 5.87. The van der Waals surface area contributed by atoms with Crippen LogP contribution in [-0.2, 0) is 0 Å². The average Bonchev–Trinajstić information content (AvgIpc) is 2.88. The Bertz CT molecular complexity index is 1460. The maximum atomic E-state index is 14.9. The second-order valence-electron chi connectivity index (χ2n) is 9.23. The Morgan fingerprint density at radius 3 is 2.33 bits per heavy atom. The average molecular weight is 489 g/mol. The van der Waals surface area contributed by atoms with Crippen LogP contribution in [0.2, 0.25) is 0 Å². The van der Waals surface area contributed by atoms with E-state index in [1.54, 1.807) is 24.3 Å². The van der Waals surface area contributed by atoms with Crippen molar-refractivity contribution in [3.63, 3.8) is 0 Å². The first kappa shape index (κ1) is 23.7. The van der Waals surface area contributed by atoms with Gasteiger partial charge in [0.2, 0.25) is 5.95 Å². The van der Waals surface area contributed by atoms with E-state index in [0.29, 0.717) is 39.2 Å². The number of hydrogen-bond acceptors (Lipinski definition) is 7. The zero-order chi connectivity index (χ0) is 25.4. The molecule has 0 unspecified atom stereocenters. The van der Waals surface area contributed by atoms with Crippen molar-refractivity contribution in [3.8, 4) is 28.3 Å². The maximum Gasteiger partial charge on any atom is 0.296 e. The molecule has 0 aliphatic carbocycles. The van der Waals surface area contributed by atoms with Gasteiger partial charge < -0.3 is 15.4 Å². The molecule has 0 amide bonds. The second-order valence-corrected chi connectivity index (χ2v) is 9.23. The number of rotatable bonds is 5. The highest BCUT2D eigenvalue weighted by Crippen LogP contribution is 2.33. The molecule has 1 saturated heterocycles. The molecular formula is C27H29FN6O2. The third kappa shape index (κ3) is 4.49. The summed E-state index contributed by atoms with van der Waals surface area (Å²) in [6.07, 6.45) is 0. The van der Waals surface area contributed by atoms with Crippen molar-refractivity contribution in [2.75, 3.05) is 43.9 Å². The number of ether oxygens (including phenoxy) is 1. The minimum atomic E-state index is -0.633. The van der Waals surface area contributed by atoms with Gasteiger partial charge in [0.25, 0.3) is 11.6 Å². The summed E-state index contributed by atoms with van der Waals surface area (Å²) in [5.41, 5.74) is 9.66. The van der Waals surface area contributed by atoms with Crippen molar-refractivity contribution in [1.29, 1.82) is 0 Å². The minimum Gasteiger partial charge on any atom is -0.468 e. The molecule has 0 radical (unpaired) electrons. The number of piperazine rings is 1. The van der Waals surface area contributed by atoms with E-state index in [-0.39, 0.29) is 17.4 Å². The number of nitrogens with one attached hydrogen (secondary N) is 1. The van der Waals surface area contributed by atoms with Gasteiger partial charge in [-0.1, -0.05) is 18.2 Å².